The van der Waals surface area contributed by atoms with E-state index in [0.717, 1.165) is 0 Å². The molecule has 0 aliphatic carbocycles. The van der Waals surface area contributed by atoms with Gasteiger partial charge in [-0.1, -0.05) is 0 Å². The van der Waals surface area contributed by atoms with E-state index >= 15 is 0 Å². The van der Waals surface area contributed by atoms with Crippen molar-refractivity contribution < 1.29 is 18.3 Å². The third-order valence-corrected chi connectivity index (χ3v) is 2.54. The van der Waals surface area contributed by atoms with E-state index in [9.17, 15) is 13.6 Å². The van der Waals surface area contributed by atoms with Gasteiger partial charge >= 0.3 is 6.61 Å². The van der Waals surface area contributed by atoms with Gasteiger partial charge in [0.05, 0.1) is 3.57 Å². The second-order valence-corrected chi connectivity index (χ2v) is 3.97. The van der Waals surface area contributed by atoms with Crippen LogP contribution in [0.5, 0.6) is 5.75 Å². The van der Waals surface area contributed by atoms with Crippen LogP contribution >= 0.6 is 22.6 Å². The number of halogens is 3. The molecule has 82 valence electrons. The van der Waals surface area contributed by atoms with Gasteiger partial charge < -0.3 is 10.5 Å². The smallest absolute Gasteiger partial charge is 0.387 e. The number of anilines is 1. The Bertz CT molecular complexity index is 396. The van der Waals surface area contributed by atoms with Crippen molar-refractivity contribution in [3.63, 3.8) is 0 Å². The molecule has 0 spiro atoms. The minimum absolute atomic E-state index is 0.0203. The summed E-state index contributed by atoms with van der Waals surface area (Å²) in [4.78, 5) is 11.1. The topological polar surface area (TPSA) is 52.3 Å². The molecular formula is C9H8F2INO2. The largest absolute Gasteiger partial charge is 0.434 e. The van der Waals surface area contributed by atoms with Gasteiger partial charge in [0.15, 0.2) is 5.78 Å². The molecule has 1 rings (SSSR count). The number of hydrogen-bond donors (Lipinski definition) is 1. The molecule has 0 heterocycles. The normalized spacial score (nSPS) is 10.5. The molecule has 0 saturated heterocycles. The van der Waals surface area contributed by atoms with Crippen molar-refractivity contribution >= 4 is 34.1 Å². The third-order valence-electron chi connectivity index (χ3n) is 1.70. The molecule has 0 aromatic heterocycles. The summed E-state index contributed by atoms with van der Waals surface area (Å²) in [5, 5.41) is 0. The first-order valence-electron chi connectivity index (χ1n) is 3.96. The number of alkyl halides is 2. The molecule has 0 amide bonds. The van der Waals surface area contributed by atoms with E-state index in [0.29, 0.717) is 9.13 Å². The first-order chi connectivity index (χ1) is 6.91. The minimum Gasteiger partial charge on any atom is -0.434 e. The van der Waals surface area contributed by atoms with Crippen LogP contribution in [0.3, 0.4) is 0 Å². The number of ether oxygens (including phenoxy) is 1. The van der Waals surface area contributed by atoms with Crippen LogP contribution in [0.15, 0.2) is 12.1 Å². The van der Waals surface area contributed by atoms with Crippen LogP contribution < -0.4 is 10.5 Å². The van der Waals surface area contributed by atoms with Gasteiger partial charge in [0.2, 0.25) is 0 Å². The zero-order valence-electron chi connectivity index (χ0n) is 7.76. The van der Waals surface area contributed by atoms with Crippen molar-refractivity contribution in [2.75, 3.05) is 5.73 Å². The standard InChI is InChI=1S/C9H8F2INO2/c1-4(14)5-2-6(12)8(3-7(5)13)15-9(10)11/h2-3,9H,13H2,1H3. The molecule has 2 N–H and O–H groups in total. The maximum Gasteiger partial charge on any atom is 0.387 e. The zero-order valence-corrected chi connectivity index (χ0v) is 9.92. The maximum absolute atomic E-state index is 12.0. The summed E-state index contributed by atoms with van der Waals surface area (Å²) in [7, 11) is 0. The second kappa shape index (κ2) is 4.73. The number of rotatable bonds is 3. The molecule has 3 nitrogen and oxygen atoms in total. The lowest BCUT2D eigenvalue weighted by atomic mass is 10.1. The summed E-state index contributed by atoms with van der Waals surface area (Å²) in [6, 6.07) is 2.65. The molecule has 6 heteroatoms. The van der Waals surface area contributed by atoms with Crippen molar-refractivity contribution in [2.24, 2.45) is 0 Å². The predicted molar refractivity (Wildman–Crippen MR) is 60.2 cm³/mol. The fraction of sp³-hybridized carbons (Fsp3) is 0.222. The van der Waals surface area contributed by atoms with E-state index in [4.69, 9.17) is 5.73 Å². The summed E-state index contributed by atoms with van der Waals surface area (Å²) in [5.41, 5.74) is 5.96. The number of nitrogen functional groups attached to an aromatic ring is 1. The Hall–Kier alpha value is -0.920. The summed E-state index contributed by atoms with van der Waals surface area (Å²) in [6.45, 7) is -1.55. The highest BCUT2D eigenvalue weighted by molar-refractivity contribution is 14.1. The van der Waals surface area contributed by atoms with Gasteiger partial charge in [-0.05, 0) is 35.6 Å². The summed E-state index contributed by atoms with van der Waals surface area (Å²) >= 11 is 1.80. The minimum atomic E-state index is -2.90. The SMILES string of the molecule is CC(=O)c1cc(I)c(OC(F)F)cc1N. The zero-order chi connectivity index (χ0) is 11.6. The first kappa shape index (κ1) is 12.2. The quantitative estimate of drug-likeness (QED) is 0.528. The van der Waals surface area contributed by atoms with Crippen LogP contribution in [0.1, 0.15) is 17.3 Å². The van der Waals surface area contributed by atoms with Crippen molar-refractivity contribution in [3.05, 3.63) is 21.3 Å². The van der Waals surface area contributed by atoms with Crippen LogP contribution in [0.2, 0.25) is 0 Å². The lowest BCUT2D eigenvalue weighted by Gasteiger charge is -2.09. The van der Waals surface area contributed by atoms with Crippen LogP contribution in [0, 0.1) is 3.57 Å². The van der Waals surface area contributed by atoms with Gasteiger partial charge in [-0.3, -0.25) is 4.79 Å². The van der Waals surface area contributed by atoms with E-state index in [1.54, 1.807) is 22.6 Å². The number of carbonyl (C=O) groups excluding carboxylic acids is 1. The Morgan fingerprint density at radius 3 is 2.60 bits per heavy atom. The Morgan fingerprint density at radius 2 is 2.13 bits per heavy atom. The number of benzene rings is 1. The summed E-state index contributed by atoms with van der Waals surface area (Å²) < 4.78 is 28.6. The number of ketones is 1. The highest BCUT2D eigenvalue weighted by Gasteiger charge is 2.13. The van der Waals surface area contributed by atoms with E-state index in [-0.39, 0.29) is 17.2 Å². The second-order valence-electron chi connectivity index (χ2n) is 2.80. The van der Waals surface area contributed by atoms with Gasteiger partial charge in [0.1, 0.15) is 5.75 Å². The van der Waals surface area contributed by atoms with E-state index in [2.05, 4.69) is 4.74 Å². The molecule has 0 radical (unpaired) electrons. The molecule has 0 unspecified atom stereocenters. The van der Waals surface area contributed by atoms with E-state index in [1.165, 1.54) is 19.1 Å². The number of carbonyl (C=O) groups is 1. The average Bonchev–Trinajstić information content (AvgIpc) is 2.09. The van der Waals surface area contributed by atoms with Crippen LogP contribution in [0.4, 0.5) is 14.5 Å². The number of nitrogens with two attached hydrogens (primary N) is 1. The fourth-order valence-electron chi connectivity index (χ4n) is 1.06. The van der Waals surface area contributed by atoms with Gasteiger partial charge in [0.25, 0.3) is 0 Å². The van der Waals surface area contributed by atoms with E-state index in [1.807, 2.05) is 0 Å². The summed E-state index contributed by atoms with van der Waals surface area (Å²) in [6.07, 6.45) is 0. The monoisotopic (exact) mass is 327 g/mol. The molecule has 0 bridgehead atoms. The Morgan fingerprint density at radius 1 is 1.53 bits per heavy atom. The van der Waals surface area contributed by atoms with Gasteiger partial charge in [-0.25, -0.2) is 0 Å². The van der Waals surface area contributed by atoms with Gasteiger partial charge in [-0.15, -0.1) is 0 Å². The maximum atomic E-state index is 12.0. The average molecular weight is 327 g/mol. The first-order valence-corrected chi connectivity index (χ1v) is 5.04. The van der Waals surface area contributed by atoms with Gasteiger partial charge in [-0.2, -0.15) is 8.78 Å². The molecule has 0 atom stereocenters. The molecule has 1 aromatic carbocycles. The molecule has 0 fully saturated rings. The highest BCUT2D eigenvalue weighted by atomic mass is 127. The predicted octanol–water partition coefficient (Wildman–Crippen LogP) is 2.68. The number of Topliss-reactive ketones (excluding diaryl/α,β-unsaturated/α-hetero) is 1. The Labute approximate surface area is 98.7 Å². The Kier molecular flexibility index (Phi) is 3.83. The van der Waals surface area contributed by atoms with Crippen molar-refractivity contribution in [1.82, 2.24) is 0 Å². The van der Waals surface area contributed by atoms with Crippen molar-refractivity contribution in [3.8, 4) is 5.75 Å². The molecule has 15 heavy (non-hydrogen) atoms. The summed E-state index contributed by atoms with van der Waals surface area (Å²) in [5.74, 6) is -0.234. The van der Waals surface area contributed by atoms with Gasteiger partial charge in [0, 0.05) is 17.3 Å². The Balaban J connectivity index is 3.13. The molecule has 0 aliphatic heterocycles. The lowest BCUT2D eigenvalue weighted by molar-refractivity contribution is -0.0503. The van der Waals surface area contributed by atoms with Crippen LogP contribution in [-0.4, -0.2) is 12.4 Å². The molecule has 0 aliphatic rings. The highest BCUT2D eigenvalue weighted by Crippen LogP contribution is 2.28. The fourth-order valence-corrected chi connectivity index (χ4v) is 1.65. The van der Waals surface area contributed by atoms with E-state index < -0.39 is 6.61 Å². The molecule has 1 aromatic rings. The molecular weight excluding hydrogens is 319 g/mol. The number of hydrogen-bond acceptors (Lipinski definition) is 3. The third kappa shape index (κ3) is 3.01. The molecule has 0 saturated carbocycles. The lowest BCUT2D eigenvalue weighted by Crippen LogP contribution is -2.06. The van der Waals surface area contributed by atoms with Crippen molar-refractivity contribution in [2.45, 2.75) is 13.5 Å². The van der Waals surface area contributed by atoms with Crippen LogP contribution in [-0.2, 0) is 0 Å². The van der Waals surface area contributed by atoms with Crippen LogP contribution in [0.25, 0.3) is 0 Å². The van der Waals surface area contributed by atoms with Crippen molar-refractivity contribution in [1.29, 1.82) is 0 Å².